The van der Waals surface area contributed by atoms with Crippen molar-refractivity contribution in [3.05, 3.63) is 84.2 Å². The van der Waals surface area contributed by atoms with E-state index in [0.29, 0.717) is 28.8 Å². The number of amides is 2. The number of phenols is 1. The quantitative estimate of drug-likeness (QED) is 0.386. The number of benzene rings is 2. The molecule has 0 saturated heterocycles. The number of aromatic hydroxyl groups is 1. The summed E-state index contributed by atoms with van der Waals surface area (Å²) >= 11 is 0. The second-order valence-electron chi connectivity index (χ2n) is 8.60. The fourth-order valence-corrected chi connectivity index (χ4v) is 4.39. The van der Waals surface area contributed by atoms with Crippen molar-refractivity contribution in [3.63, 3.8) is 0 Å². The lowest BCUT2D eigenvalue weighted by molar-refractivity contribution is -0.135. The van der Waals surface area contributed by atoms with Crippen molar-refractivity contribution in [2.75, 3.05) is 5.32 Å². The van der Waals surface area contributed by atoms with Crippen LogP contribution >= 0.6 is 0 Å². The summed E-state index contributed by atoms with van der Waals surface area (Å²) in [6.07, 6.45) is 3.51. The predicted molar refractivity (Wildman–Crippen MR) is 135 cm³/mol. The number of guanidine groups is 1. The summed E-state index contributed by atoms with van der Waals surface area (Å²) in [5.74, 6) is -0.622. The van der Waals surface area contributed by atoms with E-state index in [1.807, 2.05) is 18.2 Å². The smallest absolute Gasteiger partial charge is 0.302 e. The zero-order chi connectivity index (χ0) is 25.4. The van der Waals surface area contributed by atoms with Gasteiger partial charge in [-0.15, -0.1) is 0 Å². The van der Waals surface area contributed by atoms with Gasteiger partial charge < -0.3 is 9.52 Å². The lowest BCUT2D eigenvalue weighted by Crippen LogP contribution is -2.35. The van der Waals surface area contributed by atoms with Crippen LogP contribution in [0.1, 0.15) is 30.0 Å². The molecule has 3 N–H and O–H groups in total. The Bertz CT molecular complexity index is 1530. The van der Waals surface area contributed by atoms with Gasteiger partial charge in [-0.1, -0.05) is 36.4 Å². The second kappa shape index (κ2) is 9.19. The number of anilines is 1. The molecule has 2 amide bonds. The van der Waals surface area contributed by atoms with E-state index in [0.717, 1.165) is 5.56 Å². The minimum atomic E-state index is -0.956. The first-order valence-electron chi connectivity index (χ1n) is 11.6. The summed E-state index contributed by atoms with van der Waals surface area (Å²) in [6.45, 7) is 0. The first-order chi connectivity index (χ1) is 18.0. The molecule has 2 unspecified atom stereocenters. The summed E-state index contributed by atoms with van der Waals surface area (Å²) in [7, 11) is 0. The maximum Gasteiger partial charge on any atom is 0.302 e. The molecule has 184 valence electrons. The second-order valence-corrected chi connectivity index (χ2v) is 8.60. The number of rotatable bonds is 5. The molecular weight excluding hydrogens is 474 g/mol. The summed E-state index contributed by atoms with van der Waals surface area (Å²) in [6, 6.07) is 16.4. The summed E-state index contributed by atoms with van der Waals surface area (Å²) in [4.78, 5) is 38.8. The van der Waals surface area contributed by atoms with E-state index in [4.69, 9.17) is 4.42 Å². The number of pyridine rings is 1. The van der Waals surface area contributed by atoms with Crippen molar-refractivity contribution < 1.29 is 19.1 Å². The highest BCUT2D eigenvalue weighted by atomic mass is 16.4. The zero-order valence-corrected chi connectivity index (χ0v) is 19.4. The first kappa shape index (κ1) is 22.4. The van der Waals surface area contributed by atoms with Gasteiger partial charge in [0.25, 0.3) is 5.91 Å². The average molecular weight is 495 g/mol. The highest BCUT2D eigenvalue weighted by Gasteiger charge is 2.38. The Morgan fingerprint density at radius 1 is 1.14 bits per heavy atom. The Labute approximate surface area is 210 Å². The molecule has 0 bridgehead atoms. The molecule has 4 aromatic rings. The Hall–Kier alpha value is -5.06. The molecule has 0 aliphatic carbocycles. The van der Waals surface area contributed by atoms with Crippen molar-refractivity contribution in [2.24, 2.45) is 10.1 Å². The van der Waals surface area contributed by atoms with Crippen molar-refractivity contribution >= 4 is 40.6 Å². The van der Waals surface area contributed by atoms with E-state index in [9.17, 15) is 14.7 Å². The van der Waals surface area contributed by atoms with Crippen molar-refractivity contribution in [1.29, 1.82) is 0 Å². The zero-order valence-electron chi connectivity index (χ0n) is 19.4. The minimum absolute atomic E-state index is 0.0642. The Balaban J connectivity index is 1.23. The van der Waals surface area contributed by atoms with Gasteiger partial charge in [-0.05, 0) is 24.3 Å². The van der Waals surface area contributed by atoms with Crippen LogP contribution in [0.15, 0.2) is 87.6 Å². The van der Waals surface area contributed by atoms with E-state index < -0.39 is 23.9 Å². The molecule has 11 heteroatoms. The highest BCUT2D eigenvalue weighted by molar-refractivity contribution is 6.11. The fourth-order valence-electron chi connectivity index (χ4n) is 4.39. The van der Waals surface area contributed by atoms with Crippen LogP contribution in [0.2, 0.25) is 0 Å². The number of carbonyl (C=O) groups excluding carboxylic acids is 2. The molecule has 0 fully saturated rings. The molecule has 2 aromatic heterocycles. The summed E-state index contributed by atoms with van der Waals surface area (Å²) < 4.78 is 5.61. The molecule has 0 radical (unpaired) electrons. The van der Waals surface area contributed by atoms with Crippen LogP contribution < -0.4 is 10.6 Å². The standard InChI is InChI=1S/C26H21N7O4/c34-21-9-3-1-7-16(21)20-12-18(15-6-5-11-27-14-15)32-33(20)23(35)13-19-24(36)30-25(28-19)31-26-29-17-8-2-4-10-22(17)37-26/h1-11,14,19-20,34H,12-13H2,(H2,28,29,30,31,36). The molecule has 37 heavy (non-hydrogen) atoms. The minimum Gasteiger partial charge on any atom is -0.508 e. The Morgan fingerprint density at radius 3 is 2.78 bits per heavy atom. The summed E-state index contributed by atoms with van der Waals surface area (Å²) in [5.41, 5.74) is 3.25. The van der Waals surface area contributed by atoms with Crippen molar-refractivity contribution in [1.82, 2.24) is 20.3 Å². The fraction of sp³-hybridized carbons (Fsp3) is 0.154. The first-order valence-corrected chi connectivity index (χ1v) is 11.6. The van der Waals surface area contributed by atoms with E-state index >= 15 is 0 Å². The number of hydrogen-bond donors (Lipinski definition) is 3. The molecule has 11 nitrogen and oxygen atoms in total. The van der Waals surface area contributed by atoms with Crippen LogP contribution in [0.3, 0.4) is 0 Å². The molecular formula is C26H21N7O4. The average Bonchev–Trinajstić information content (AvgIpc) is 3.61. The van der Waals surface area contributed by atoms with Gasteiger partial charge in [-0.25, -0.2) is 10.0 Å². The third-order valence-electron chi connectivity index (χ3n) is 6.17. The van der Waals surface area contributed by atoms with E-state index in [1.54, 1.807) is 54.9 Å². The van der Waals surface area contributed by atoms with Gasteiger partial charge in [-0.2, -0.15) is 10.1 Å². The van der Waals surface area contributed by atoms with Gasteiger partial charge in [0.1, 0.15) is 17.3 Å². The SMILES string of the molecule is O=C1NC(Nc2nc3ccccc3o2)=NC1CC(=O)N1N=C(c2cccnc2)CC1c1ccccc1O. The number of aliphatic imine (C=N–C) groups is 1. The largest absolute Gasteiger partial charge is 0.508 e. The van der Waals surface area contributed by atoms with Crippen LogP contribution in [-0.2, 0) is 9.59 Å². The van der Waals surface area contributed by atoms with Gasteiger partial charge in [0.15, 0.2) is 5.58 Å². The molecule has 4 heterocycles. The van der Waals surface area contributed by atoms with Crippen LogP contribution in [0.4, 0.5) is 6.01 Å². The number of nitrogens with one attached hydrogen (secondary N) is 2. The van der Waals surface area contributed by atoms with Gasteiger partial charge in [0.05, 0.1) is 18.2 Å². The Morgan fingerprint density at radius 2 is 1.97 bits per heavy atom. The van der Waals surface area contributed by atoms with Gasteiger partial charge in [-0.3, -0.25) is 25.2 Å². The highest BCUT2D eigenvalue weighted by Crippen LogP contribution is 2.37. The molecule has 0 saturated carbocycles. The number of hydrazone groups is 1. The molecule has 2 aliphatic heterocycles. The number of aromatic nitrogens is 2. The number of phenolic OH excluding ortho intramolecular Hbond substituents is 1. The van der Waals surface area contributed by atoms with Gasteiger partial charge in [0.2, 0.25) is 11.9 Å². The van der Waals surface area contributed by atoms with Crippen LogP contribution in [0, 0.1) is 0 Å². The van der Waals surface area contributed by atoms with Crippen molar-refractivity contribution in [2.45, 2.75) is 24.9 Å². The third kappa shape index (κ3) is 4.38. The maximum absolute atomic E-state index is 13.4. The topological polar surface area (TPSA) is 145 Å². The van der Waals surface area contributed by atoms with Gasteiger partial charge >= 0.3 is 6.01 Å². The third-order valence-corrected chi connectivity index (χ3v) is 6.17. The Kier molecular flexibility index (Phi) is 5.56. The number of nitrogens with zero attached hydrogens (tertiary/aromatic N) is 5. The summed E-state index contributed by atoms with van der Waals surface area (Å²) in [5, 5.41) is 21.8. The maximum atomic E-state index is 13.4. The van der Waals surface area contributed by atoms with Gasteiger partial charge in [0, 0.05) is 29.9 Å². The number of oxazole rings is 1. The van der Waals surface area contributed by atoms with E-state index in [1.165, 1.54) is 5.01 Å². The monoisotopic (exact) mass is 495 g/mol. The molecule has 2 atom stereocenters. The van der Waals surface area contributed by atoms with Crippen LogP contribution in [0.5, 0.6) is 5.75 Å². The number of fused-ring (bicyclic) bond motifs is 1. The molecule has 2 aliphatic rings. The number of carbonyl (C=O) groups is 2. The molecule has 0 spiro atoms. The van der Waals surface area contributed by atoms with E-state index in [2.05, 4.69) is 30.7 Å². The van der Waals surface area contributed by atoms with Crippen LogP contribution in [-0.4, -0.2) is 49.6 Å². The van der Waals surface area contributed by atoms with Crippen LogP contribution in [0.25, 0.3) is 11.1 Å². The number of hydrogen-bond acceptors (Lipinski definition) is 9. The molecule has 2 aromatic carbocycles. The lowest BCUT2D eigenvalue weighted by Gasteiger charge is -2.23. The molecule has 6 rings (SSSR count). The lowest BCUT2D eigenvalue weighted by atomic mass is 9.98. The predicted octanol–water partition coefficient (Wildman–Crippen LogP) is 2.96. The normalized spacial score (nSPS) is 19.0. The van der Waals surface area contributed by atoms with Crippen molar-refractivity contribution in [3.8, 4) is 5.75 Å². The van der Waals surface area contributed by atoms with E-state index in [-0.39, 0.29) is 24.1 Å². The number of para-hydroxylation sites is 3.